The highest BCUT2D eigenvalue weighted by molar-refractivity contribution is 6.34. The summed E-state index contributed by atoms with van der Waals surface area (Å²) < 4.78 is 74.5. The average Bonchev–Trinajstić information content (AvgIpc) is 2.88. The molecule has 41 heavy (non-hydrogen) atoms. The zero-order chi connectivity index (χ0) is 30.1. The molecule has 2 amide bonds. The molecule has 3 aromatic carbocycles. The van der Waals surface area contributed by atoms with E-state index in [0.717, 1.165) is 0 Å². The van der Waals surface area contributed by atoms with Crippen LogP contribution < -0.4 is 15.4 Å². The van der Waals surface area contributed by atoms with Crippen molar-refractivity contribution in [2.45, 2.75) is 33.5 Å². The zero-order valence-corrected chi connectivity index (χ0v) is 22.7. The van der Waals surface area contributed by atoms with Gasteiger partial charge in [-0.15, -0.1) is 0 Å². The number of nitrogens with one attached hydrogen (secondary N) is 2. The molecule has 0 radical (unpaired) electrons. The number of rotatable bonds is 6. The Morgan fingerprint density at radius 2 is 1.71 bits per heavy atom. The first-order valence-electron chi connectivity index (χ1n) is 12.2. The maximum absolute atomic E-state index is 15.4. The smallest absolute Gasteiger partial charge is 0.416 e. The lowest BCUT2D eigenvalue weighted by molar-refractivity contribution is -0.137. The van der Waals surface area contributed by atoms with E-state index in [1.165, 1.54) is 42.6 Å². The lowest BCUT2D eigenvalue weighted by Crippen LogP contribution is -2.34. The Balaban J connectivity index is 1.64. The van der Waals surface area contributed by atoms with Gasteiger partial charge in [0.2, 0.25) is 5.91 Å². The number of anilines is 1. The van der Waals surface area contributed by atoms with E-state index in [1.54, 1.807) is 20.8 Å². The SMILES string of the molecule is CC(C)(C)C(=O)NCc1ccc(Cl)c(C(=O)Nc2cccc3c(Oc4cc(C(F)(F)F)ccc4F)ccnc23)c1F. The van der Waals surface area contributed by atoms with Crippen LogP contribution >= 0.6 is 11.6 Å². The minimum absolute atomic E-state index is 0.0343. The molecule has 0 aliphatic rings. The molecule has 0 aliphatic carbocycles. The molecule has 4 aromatic rings. The lowest BCUT2D eigenvalue weighted by Gasteiger charge is -2.18. The summed E-state index contributed by atoms with van der Waals surface area (Å²) in [5.41, 5.74) is -2.00. The van der Waals surface area contributed by atoms with Gasteiger partial charge in [0.15, 0.2) is 11.6 Å². The predicted octanol–water partition coefficient (Wildman–Crippen LogP) is 7.89. The Labute approximate surface area is 236 Å². The number of carbonyl (C=O) groups excluding carboxylic acids is 2. The quantitative estimate of drug-likeness (QED) is 0.223. The highest BCUT2D eigenvalue weighted by atomic mass is 35.5. The first-order valence-corrected chi connectivity index (χ1v) is 12.5. The maximum Gasteiger partial charge on any atom is 0.416 e. The van der Waals surface area contributed by atoms with Crippen molar-refractivity contribution >= 4 is 40.0 Å². The summed E-state index contributed by atoms with van der Waals surface area (Å²) in [7, 11) is 0. The molecule has 0 saturated heterocycles. The van der Waals surface area contributed by atoms with Gasteiger partial charge in [0.1, 0.15) is 11.6 Å². The number of halogens is 6. The van der Waals surface area contributed by atoms with Crippen molar-refractivity contribution < 1.29 is 36.3 Å². The number of hydrogen-bond donors (Lipinski definition) is 2. The normalized spacial score (nSPS) is 11.8. The molecule has 214 valence electrons. The second kappa shape index (κ2) is 11.3. The zero-order valence-electron chi connectivity index (χ0n) is 21.9. The monoisotopic (exact) mass is 591 g/mol. The molecule has 0 aliphatic heterocycles. The Bertz CT molecular complexity index is 1650. The molecule has 0 bridgehead atoms. The number of nitrogens with zero attached hydrogens (tertiary/aromatic N) is 1. The van der Waals surface area contributed by atoms with Gasteiger partial charge in [-0.1, -0.05) is 44.5 Å². The molecule has 0 saturated carbocycles. The molecule has 0 spiro atoms. The minimum Gasteiger partial charge on any atom is -0.454 e. The Morgan fingerprint density at radius 1 is 0.976 bits per heavy atom. The summed E-state index contributed by atoms with van der Waals surface area (Å²) >= 11 is 6.15. The summed E-state index contributed by atoms with van der Waals surface area (Å²) in [4.78, 5) is 29.6. The Morgan fingerprint density at radius 3 is 2.39 bits per heavy atom. The number of aromatic nitrogens is 1. The van der Waals surface area contributed by atoms with Gasteiger partial charge < -0.3 is 15.4 Å². The third kappa shape index (κ3) is 6.57. The minimum atomic E-state index is -4.71. The highest BCUT2D eigenvalue weighted by Crippen LogP contribution is 2.37. The van der Waals surface area contributed by atoms with Crippen molar-refractivity contribution in [1.82, 2.24) is 10.3 Å². The van der Waals surface area contributed by atoms with Crippen LogP contribution in [0.4, 0.5) is 27.6 Å². The van der Waals surface area contributed by atoms with Crippen molar-refractivity contribution in [1.29, 1.82) is 0 Å². The van der Waals surface area contributed by atoms with Crippen LogP contribution in [0.25, 0.3) is 10.9 Å². The molecule has 0 fully saturated rings. The second-order valence-corrected chi connectivity index (χ2v) is 10.4. The van der Waals surface area contributed by atoms with E-state index in [-0.39, 0.29) is 45.4 Å². The van der Waals surface area contributed by atoms with E-state index in [0.29, 0.717) is 18.2 Å². The van der Waals surface area contributed by atoms with Crippen LogP contribution in [0, 0.1) is 17.0 Å². The molecular weight excluding hydrogens is 569 g/mol. The van der Waals surface area contributed by atoms with E-state index in [9.17, 15) is 27.2 Å². The van der Waals surface area contributed by atoms with E-state index in [4.69, 9.17) is 16.3 Å². The van der Waals surface area contributed by atoms with Crippen LogP contribution in [0.3, 0.4) is 0 Å². The molecule has 12 heteroatoms. The number of fused-ring (bicyclic) bond motifs is 1. The first kappa shape index (κ1) is 29.7. The molecule has 1 aromatic heterocycles. The fourth-order valence-electron chi connectivity index (χ4n) is 3.78. The largest absolute Gasteiger partial charge is 0.454 e. The number of hydrogen-bond acceptors (Lipinski definition) is 4. The summed E-state index contributed by atoms with van der Waals surface area (Å²) in [5, 5.41) is 5.20. The molecule has 0 atom stereocenters. The van der Waals surface area contributed by atoms with E-state index in [2.05, 4.69) is 15.6 Å². The number of alkyl halides is 3. The number of benzene rings is 3. The van der Waals surface area contributed by atoms with Gasteiger partial charge in [-0.25, -0.2) is 8.78 Å². The highest BCUT2D eigenvalue weighted by Gasteiger charge is 2.31. The average molecular weight is 592 g/mol. The molecule has 0 unspecified atom stereocenters. The number of pyridine rings is 1. The number of ether oxygens (including phenoxy) is 1. The van der Waals surface area contributed by atoms with Gasteiger partial charge >= 0.3 is 6.18 Å². The summed E-state index contributed by atoms with van der Waals surface area (Å²) in [5.74, 6) is -3.88. The van der Waals surface area contributed by atoms with Gasteiger partial charge in [-0.05, 0) is 42.5 Å². The fraction of sp³-hybridized carbons (Fsp3) is 0.207. The first-order chi connectivity index (χ1) is 19.2. The summed E-state index contributed by atoms with van der Waals surface area (Å²) in [6, 6.07) is 10.2. The molecular formula is C29H23ClF5N3O3. The summed E-state index contributed by atoms with van der Waals surface area (Å²) in [6.07, 6.45) is -3.46. The second-order valence-electron chi connectivity index (χ2n) is 10.0. The van der Waals surface area contributed by atoms with Gasteiger partial charge in [-0.2, -0.15) is 13.2 Å². The van der Waals surface area contributed by atoms with Gasteiger partial charge in [-0.3, -0.25) is 14.6 Å². The van der Waals surface area contributed by atoms with E-state index in [1.807, 2.05) is 0 Å². The molecule has 2 N–H and O–H groups in total. The third-order valence-electron chi connectivity index (χ3n) is 5.98. The number of amides is 2. The molecule has 6 nitrogen and oxygen atoms in total. The topological polar surface area (TPSA) is 80.3 Å². The fourth-order valence-corrected chi connectivity index (χ4v) is 4.01. The van der Waals surface area contributed by atoms with Crippen molar-refractivity contribution in [3.8, 4) is 11.5 Å². The lowest BCUT2D eigenvalue weighted by atomic mass is 9.95. The summed E-state index contributed by atoms with van der Waals surface area (Å²) in [6.45, 7) is 4.92. The Kier molecular flexibility index (Phi) is 8.21. The standard InChI is InChI=1S/C29H23ClF5N3O3/c1-28(2,3)27(40)37-14-15-7-9-18(30)23(24(15)32)26(39)38-20-6-4-5-17-21(11-12-36-25(17)20)41-22-13-16(29(33,34)35)8-10-19(22)31/h4-13H,14H2,1-3H3,(H,37,40)(H,38,39). The van der Waals surface area contributed by atoms with E-state index < -0.39 is 46.0 Å². The number of para-hydroxylation sites is 1. The molecule has 1 heterocycles. The van der Waals surface area contributed by atoms with Crippen LogP contribution in [0.5, 0.6) is 11.5 Å². The van der Waals surface area contributed by atoms with Crippen molar-refractivity contribution in [2.24, 2.45) is 5.41 Å². The van der Waals surface area contributed by atoms with Crippen molar-refractivity contribution in [3.05, 3.63) is 94.1 Å². The van der Waals surface area contributed by atoms with Crippen LogP contribution in [-0.4, -0.2) is 16.8 Å². The van der Waals surface area contributed by atoms with Crippen LogP contribution in [0.2, 0.25) is 5.02 Å². The third-order valence-corrected chi connectivity index (χ3v) is 6.29. The van der Waals surface area contributed by atoms with Gasteiger partial charge in [0.05, 0.1) is 27.4 Å². The van der Waals surface area contributed by atoms with Gasteiger partial charge in [0.25, 0.3) is 5.91 Å². The number of carbonyl (C=O) groups is 2. The van der Waals surface area contributed by atoms with Crippen LogP contribution in [-0.2, 0) is 17.5 Å². The maximum atomic E-state index is 15.4. The molecule has 4 rings (SSSR count). The van der Waals surface area contributed by atoms with Crippen molar-refractivity contribution in [2.75, 3.05) is 5.32 Å². The Hall–Kier alpha value is -4.25. The van der Waals surface area contributed by atoms with E-state index >= 15 is 4.39 Å². The predicted molar refractivity (Wildman–Crippen MR) is 144 cm³/mol. The van der Waals surface area contributed by atoms with Crippen LogP contribution in [0.15, 0.2) is 60.8 Å². The van der Waals surface area contributed by atoms with Crippen molar-refractivity contribution in [3.63, 3.8) is 0 Å². The van der Waals surface area contributed by atoms with Gasteiger partial charge in [0, 0.05) is 29.1 Å². The van der Waals surface area contributed by atoms with Crippen LogP contribution in [0.1, 0.15) is 42.3 Å².